The van der Waals surface area contributed by atoms with Gasteiger partial charge in [0.15, 0.2) is 0 Å². The SMILES string of the molecule is CCOC(=O)C(CCn1cnc2c1CCCC2)NC(C)C. The summed E-state index contributed by atoms with van der Waals surface area (Å²) in [6.45, 7) is 7.17. The molecular formula is C16H27N3O2. The molecule has 1 atom stereocenters. The minimum Gasteiger partial charge on any atom is -0.465 e. The van der Waals surface area contributed by atoms with Crippen molar-refractivity contribution in [1.29, 1.82) is 0 Å². The van der Waals surface area contributed by atoms with Gasteiger partial charge in [0, 0.05) is 18.3 Å². The Morgan fingerprint density at radius 2 is 2.19 bits per heavy atom. The Morgan fingerprint density at radius 1 is 1.43 bits per heavy atom. The molecule has 0 saturated heterocycles. The maximum atomic E-state index is 12.0. The molecule has 5 nitrogen and oxygen atoms in total. The molecule has 1 heterocycles. The molecule has 0 aliphatic heterocycles. The van der Waals surface area contributed by atoms with Gasteiger partial charge in [0.2, 0.25) is 0 Å². The van der Waals surface area contributed by atoms with E-state index in [0.717, 1.165) is 25.8 Å². The molecule has 1 aromatic rings. The van der Waals surface area contributed by atoms with Crippen LogP contribution in [0.4, 0.5) is 0 Å². The van der Waals surface area contributed by atoms with E-state index in [1.807, 2.05) is 27.1 Å². The van der Waals surface area contributed by atoms with E-state index in [-0.39, 0.29) is 18.1 Å². The van der Waals surface area contributed by atoms with Gasteiger partial charge >= 0.3 is 5.97 Å². The number of fused-ring (bicyclic) bond motifs is 1. The third kappa shape index (κ3) is 4.30. The van der Waals surface area contributed by atoms with Crippen LogP contribution in [-0.4, -0.2) is 34.2 Å². The summed E-state index contributed by atoms with van der Waals surface area (Å²) in [5.74, 6) is -0.153. The molecule has 0 aromatic carbocycles. The van der Waals surface area contributed by atoms with Crippen LogP contribution in [0, 0.1) is 0 Å². The fraction of sp³-hybridized carbons (Fsp3) is 0.750. The van der Waals surface area contributed by atoms with Crippen LogP contribution in [0.3, 0.4) is 0 Å². The molecule has 0 bridgehead atoms. The van der Waals surface area contributed by atoms with E-state index in [1.165, 1.54) is 24.2 Å². The summed E-state index contributed by atoms with van der Waals surface area (Å²) < 4.78 is 7.37. The fourth-order valence-electron chi connectivity index (χ4n) is 2.91. The number of nitrogens with zero attached hydrogens (tertiary/aromatic N) is 2. The number of carbonyl (C=O) groups is 1. The van der Waals surface area contributed by atoms with Crippen molar-refractivity contribution in [2.45, 2.75) is 71.5 Å². The summed E-state index contributed by atoms with van der Waals surface area (Å²) in [6.07, 6.45) is 7.34. The third-order valence-corrected chi connectivity index (χ3v) is 3.87. The second-order valence-electron chi connectivity index (χ2n) is 5.95. The number of carbonyl (C=O) groups excluding carboxylic acids is 1. The normalized spacial score (nSPS) is 15.8. The topological polar surface area (TPSA) is 56.2 Å². The van der Waals surface area contributed by atoms with Gasteiger partial charge < -0.3 is 14.6 Å². The van der Waals surface area contributed by atoms with Crippen LogP contribution in [0.15, 0.2) is 6.33 Å². The first-order valence-electron chi connectivity index (χ1n) is 8.07. The molecule has 2 rings (SSSR count). The smallest absolute Gasteiger partial charge is 0.323 e. The van der Waals surface area contributed by atoms with Crippen molar-refractivity contribution in [3.63, 3.8) is 0 Å². The van der Waals surface area contributed by atoms with Crippen LogP contribution in [-0.2, 0) is 28.9 Å². The number of rotatable bonds is 7. The molecule has 0 saturated carbocycles. The minimum absolute atomic E-state index is 0.153. The zero-order valence-corrected chi connectivity index (χ0v) is 13.4. The lowest BCUT2D eigenvalue weighted by Gasteiger charge is -2.21. The number of hydrogen-bond donors (Lipinski definition) is 1. The molecule has 0 amide bonds. The highest BCUT2D eigenvalue weighted by Crippen LogP contribution is 2.20. The molecular weight excluding hydrogens is 266 g/mol. The number of hydrogen-bond acceptors (Lipinski definition) is 4. The maximum absolute atomic E-state index is 12.0. The van der Waals surface area contributed by atoms with Crippen molar-refractivity contribution in [3.8, 4) is 0 Å². The summed E-state index contributed by atoms with van der Waals surface area (Å²) in [5, 5.41) is 3.30. The van der Waals surface area contributed by atoms with Crippen LogP contribution >= 0.6 is 0 Å². The summed E-state index contributed by atoms with van der Waals surface area (Å²) >= 11 is 0. The van der Waals surface area contributed by atoms with Crippen molar-refractivity contribution in [1.82, 2.24) is 14.9 Å². The number of ether oxygens (including phenoxy) is 1. The minimum atomic E-state index is -0.244. The van der Waals surface area contributed by atoms with E-state index in [0.29, 0.717) is 6.61 Å². The van der Waals surface area contributed by atoms with E-state index in [1.54, 1.807) is 0 Å². The van der Waals surface area contributed by atoms with E-state index in [9.17, 15) is 4.79 Å². The van der Waals surface area contributed by atoms with Crippen molar-refractivity contribution in [3.05, 3.63) is 17.7 Å². The van der Waals surface area contributed by atoms with Crippen LogP contribution in [0.2, 0.25) is 0 Å². The number of nitrogens with one attached hydrogen (secondary N) is 1. The summed E-state index contributed by atoms with van der Waals surface area (Å²) in [6, 6.07) is 0.0164. The maximum Gasteiger partial charge on any atom is 0.323 e. The van der Waals surface area contributed by atoms with Crippen molar-refractivity contribution < 1.29 is 9.53 Å². The van der Waals surface area contributed by atoms with Crippen LogP contribution in [0.1, 0.15) is 51.4 Å². The zero-order valence-electron chi connectivity index (χ0n) is 13.4. The fourth-order valence-corrected chi connectivity index (χ4v) is 2.91. The lowest BCUT2D eigenvalue weighted by molar-refractivity contribution is -0.146. The second kappa shape index (κ2) is 7.59. The molecule has 1 aliphatic carbocycles. The largest absolute Gasteiger partial charge is 0.465 e. The molecule has 118 valence electrons. The first-order valence-corrected chi connectivity index (χ1v) is 8.07. The molecule has 0 radical (unpaired) electrons. The predicted octanol–water partition coefficient (Wildman–Crippen LogP) is 2.08. The van der Waals surface area contributed by atoms with Gasteiger partial charge in [0.1, 0.15) is 6.04 Å². The molecule has 0 fully saturated rings. The average Bonchev–Trinajstić information content (AvgIpc) is 2.86. The summed E-state index contributed by atoms with van der Waals surface area (Å²) in [4.78, 5) is 16.5. The predicted molar refractivity (Wildman–Crippen MR) is 82.2 cm³/mol. The second-order valence-corrected chi connectivity index (χ2v) is 5.95. The van der Waals surface area contributed by atoms with Gasteiger partial charge in [0.05, 0.1) is 18.6 Å². The highest BCUT2D eigenvalue weighted by molar-refractivity contribution is 5.75. The third-order valence-electron chi connectivity index (χ3n) is 3.87. The first-order chi connectivity index (χ1) is 10.1. The summed E-state index contributed by atoms with van der Waals surface area (Å²) in [7, 11) is 0. The van der Waals surface area contributed by atoms with Crippen LogP contribution < -0.4 is 5.32 Å². The monoisotopic (exact) mass is 293 g/mol. The molecule has 5 heteroatoms. The number of esters is 1. The van der Waals surface area contributed by atoms with Gasteiger partial charge in [-0.25, -0.2) is 4.98 Å². The van der Waals surface area contributed by atoms with Crippen LogP contribution in [0.25, 0.3) is 0 Å². The number of imidazole rings is 1. The Hall–Kier alpha value is -1.36. The Balaban J connectivity index is 1.97. The first kappa shape index (κ1) is 16.0. The zero-order chi connectivity index (χ0) is 15.2. The molecule has 1 N–H and O–H groups in total. The highest BCUT2D eigenvalue weighted by Gasteiger charge is 2.21. The van der Waals surface area contributed by atoms with E-state index >= 15 is 0 Å². The van der Waals surface area contributed by atoms with Gasteiger partial charge in [-0.15, -0.1) is 0 Å². The van der Waals surface area contributed by atoms with Crippen LogP contribution in [0.5, 0.6) is 0 Å². The molecule has 21 heavy (non-hydrogen) atoms. The Bertz CT molecular complexity index is 468. The Kier molecular flexibility index (Phi) is 5.79. The standard InChI is InChI=1S/C16H27N3O2/c1-4-21-16(20)14(18-12(2)3)9-10-19-11-17-13-7-5-6-8-15(13)19/h11-12,14,18H,4-10H2,1-3H3. The van der Waals surface area contributed by atoms with E-state index in [2.05, 4.69) is 14.9 Å². The van der Waals surface area contributed by atoms with E-state index < -0.39 is 0 Å². The van der Waals surface area contributed by atoms with Gasteiger partial charge in [-0.3, -0.25) is 4.79 Å². The van der Waals surface area contributed by atoms with Gasteiger partial charge in [-0.2, -0.15) is 0 Å². The number of aromatic nitrogens is 2. The van der Waals surface area contributed by atoms with Crippen molar-refractivity contribution in [2.24, 2.45) is 0 Å². The van der Waals surface area contributed by atoms with Crippen molar-refractivity contribution >= 4 is 5.97 Å². The molecule has 1 aliphatic rings. The van der Waals surface area contributed by atoms with Gasteiger partial charge in [-0.1, -0.05) is 13.8 Å². The molecule has 0 spiro atoms. The molecule has 1 unspecified atom stereocenters. The van der Waals surface area contributed by atoms with Crippen molar-refractivity contribution in [2.75, 3.05) is 6.61 Å². The Labute approximate surface area is 127 Å². The van der Waals surface area contributed by atoms with Gasteiger partial charge in [0.25, 0.3) is 0 Å². The molecule has 1 aromatic heterocycles. The quantitative estimate of drug-likeness (QED) is 0.782. The Morgan fingerprint density at radius 3 is 2.90 bits per heavy atom. The highest BCUT2D eigenvalue weighted by atomic mass is 16.5. The van der Waals surface area contributed by atoms with Gasteiger partial charge in [-0.05, 0) is 39.0 Å². The number of aryl methyl sites for hydroxylation is 2. The lowest BCUT2D eigenvalue weighted by atomic mass is 10.0. The summed E-state index contributed by atoms with van der Waals surface area (Å²) in [5.41, 5.74) is 2.60. The lowest BCUT2D eigenvalue weighted by Crippen LogP contribution is -2.42. The van der Waals surface area contributed by atoms with E-state index in [4.69, 9.17) is 4.74 Å². The average molecular weight is 293 g/mol.